The lowest BCUT2D eigenvalue weighted by atomic mass is 10.2. The van der Waals surface area contributed by atoms with E-state index >= 15 is 0 Å². The molecular weight excluding hydrogens is 262 g/mol. The number of nitrogens with zero attached hydrogens (tertiary/aromatic N) is 1. The van der Waals surface area contributed by atoms with Crippen molar-refractivity contribution in [3.05, 3.63) is 0 Å². The molecule has 0 aromatic carbocycles. The van der Waals surface area contributed by atoms with Crippen molar-refractivity contribution in [2.75, 3.05) is 24.6 Å². The minimum Gasteiger partial charge on any atom is -0.229 e. The number of rotatable bonds is 2. The second kappa shape index (κ2) is 4.85. The molecule has 5 nitrogen and oxygen atoms in total. The van der Waals surface area contributed by atoms with Crippen LogP contribution in [0.15, 0.2) is 0 Å². The van der Waals surface area contributed by atoms with Crippen molar-refractivity contribution in [2.45, 2.75) is 37.4 Å². The van der Waals surface area contributed by atoms with Crippen molar-refractivity contribution in [2.24, 2.45) is 0 Å². The van der Waals surface area contributed by atoms with Crippen LogP contribution in [0.4, 0.5) is 0 Å². The van der Waals surface area contributed by atoms with E-state index in [1.54, 1.807) is 0 Å². The van der Waals surface area contributed by atoms with Crippen molar-refractivity contribution >= 4 is 19.9 Å². The Morgan fingerprint density at radius 2 is 1.59 bits per heavy atom. The van der Waals surface area contributed by atoms with Crippen LogP contribution >= 0.6 is 0 Å². The normalized spacial score (nSPS) is 31.2. The Hall–Kier alpha value is -0.140. The van der Waals surface area contributed by atoms with E-state index in [0.717, 1.165) is 25.7 Å². The van der Waals surface area contributed by atoms with Crippen molar-refractivity contribution < 1.29 is 16.8 Å². The highest BCUT2D eigenvalue weighted by atomic mass is 32.2. The van der Waals surface area contributed by atoms with Crippen LogP contribution in [0.1, 0.15) is 32.1 Å². The van der Waals surface area contributed by atoms with Crippen molar-refractivity contribution in [3.63, 3.8) is 0 Å². The van der Waals surface area contributed by atoms with Gasteiger partial charge in [-0.05, 0) is 19.3 Å². The second-order valence-electron chi connectivity index (χ2n) is 4.88. The summed E-state index contributed by atoms with van der Waals surface area (Å²) >= 11 is 0. The van der Waals surface area contributed by atoms with Crippen molar-refractivity contribution in [1.82, 2.24) is 4.31 Å². The Kier molecular flexibility index (Phi) is 3.80. The molecular formula is C10H19NO4S2. The molecule has 100 valence electrons. The van der Waals surface area contributed by atoms with Gasteiger partial charge in [-0.1, -0.05) is 12.8 Å². The third kappa shape index (κ3) is 3.00. The van der Waals surface area contributed by atoms with Gasteiger partial charge in [-0.3, -0.25) is 0 Å². The number of hydrogen-bond donors (Lipinski definition) is 0. The number of sulfonamides is 1. The molecule has 2 fully saturated rings. The minimum absolute atomic E-state index is 0.0186. The van der Waals surface area contributed by atoms with Crippen LogP contribution in [0.3, 0.4) is 0 Å². The molecule has 0 saturated carbocycles. The van der Waals surface area contributed by atoms with Crippen molar-refractivity contribution in [1.29, 1.82) is 0 Å². The van der Waals surface area contributed by atoms with Gasteiger partial charge >= 0.3 is 0 Å². The molecule has 2 rings (SSSR count). The topological polar surface area (TPSA) is 71.5 Å². The van der Waals surface area contributed by atoms with Crippen LogP contribution in [0.5, 0.6) is 0 Å². The molecule has 0 unspecified atom stereocenters. The van der Waals surface area contributed by atoms with Crippen molar-refractivity contribution in [3.8, 4) is 0 Å². The number of sulfone groups is 1. The van der Waals surface area contributed by atoms with E-state index in [-0.39, 0.29) is 17.9 Å². The Bertz CT molecular complexity index is 461. The van der Waals surface area contributed by atoms with Crippen LogP contribution < -0.4 is 0 Å². The predicted octanol–water partition coefficient (Wildman–Crippen LogP) is 0.379. The molecule has 2 aliphatic rings. The van der Waals surface area contributed by atoms with Gasteiger partial charge in [0.1, 0.15) is 0 Å². The van der Waals surface area contributed by atoms with E-state index < -0.39 is 25.1 Å². The molecule has 2 saturated heterocycles. The molecule has 17 heavy (non-hydrogen) atoms. The maximum Gasteiger partial charge on any atom is 0.218 e. The fourth-order valence-electron chi connectivity index (χ4n) is 2.50. The quantitative estimate of drug-likeness (QED) is 0.733. The molecule has 0 spiro atoms. The van der Waals surface area contributed by atoms with E-state index in [1.807, 2.05) is 0 Å². The zero-order chi connectivity index (χ0) is 12.5. The third-order valence-electron chi connectivity index (χ3n) is 3.54. The van der Waals surface area contributed by atoms with Gasteiger partial charge in [0.15, 0.2) is 9.84 Å². The zero-order valence-corrected chi connectivity index (χ0v) is 11.5. The van der Waals surface area contributed by atoms with E-state index in [0.29, 0.717) is 13.1 Å². The summed E-state index contributed by atoms with van der Waals surface area (Å²) in [5.74, 6) is -0.170. The minimum atomic E-state index is -3.40. The first-order chi connectivity index (χ1) is 7.92. The Balaban J connectivity index is 2.13. The Morgan fingerprint density at radius 1 is 1.00 bits per heavy atom. The maximum absolute atomic E-state index is 12.3. The second-order valence-corrected chi connectivity index (χ2v) is 9.32. The van der Waals surface area contributed by atoms with Gasteiger partial charge in [0, 0.05) is 13.1 Å². The fraction of sp³-hybridized carbons (Fsp3) is 1.00. The van der Waals surface area contributed by atoms with Crippen LogP contribution in [0.2, 0.25) is 0 Å². The summed E-state index contributed by atoms with van der Waals surface area (Å²) in [7, 11) is -6.53. The van der Waals surface area contributed by atoms with Crippen LogP contribution in [0.25, 0.3) is 0 Å². The molecule has 0 aromatic heterocycles. The SMILES string of the molecule is O=S1(=O)CC[C@H](S(=O)(=O)N2CCCCCC2)C1. The highest BCUT2D eigenvalue weighted by Crippen LogP contribution is 2.24. The monoisotopic (exact) mass is 281 g/mol. The first kappa shape index (κ1) is 13.3. The fourth-order valence-corrected chi connectivity index (χ4v) is 7.11. The number of hydrogen-bond acceptors (Lipinski definition) is 4. The lowest BCUT2D eigenvalue weighted by Gasteiger charge is -2.23. The Labute approximate surface area is 103 Å². The molecule has 0 aromatic rings. The van der Waals surface area contributed by atoms with Crippen LogP contribution in [-0.4, -0.2) is 51.0 Å². The van der Waals surface area contributed by atoms with E-state index in [4.69, 9.17) is 0 Å². The molecule has 0 aliphatic carbocycles. The summed E-state index contributed by atoms with van der Waals surface area (Å²) in [6.45, 7) is 1.11. The summed E-state index contributed by atoms with van der Waals surface area (Å²) in [5, 5.41) is -0.703. The van der Waals surface area contributed by atoms with Gasteiger partial charge in [0.2, 0.25) is 10.0 Å². The van der Waals surface area contributed by atoms with Gasteiger partial charge in [-0.2, -0.15) is 0 Å². The highest BCUT2D eigenvalue weighted by molar-refractivity contribution is 7.95. The van der Waals surface area contributed by atoms with Gasteiger partial charge in [0.05, 0.1) is 16.8 Å². The molecule has 7 heteroatoms. The summed E-state index contributed by atoms with van der Waals surface area (Å²) < 4.78 is 48.8. The molecule has 0 N–H and O–H groups in total. The summed E-state index contributed by atoms with van der Waals surface area (Å²) in [6, 6.07) is 0. The van der Waals surface area contributed by atoms with Gasteiger partial charge in [-0.25, -0.2) is 21.1 Å². The largest absolute Gasteiger partial charge is 0.229 e. The lowest BCUT2D eigenvalue weighted by molar-refractivity contribution is 0.417. The predicted molar refractivity (Wildman–Crippen MR) is 66.0 cm³/mol. The standard InChI is InChI=1S/C10H19NO4S2/c12-16(13)8-5-10(9-16)17(14,15)11-6-3-1-2-4-7-11/h10H,1-9H2/t10-/m0/s1. The zero-order valence-electron chi connectivity index (χ0n) is 9.84. The first-order valence-corrected chi connectivity index (χ1v) is 9.44. The Morgan fingerprint density at radius 3 is 2.06 bits per heavy atom. The van der Waals surface area contributed by atoms with E-state index in [2.05, 4.69) is 0 Å². The smallest absolute Gasteiger partial charge is 0.218 e. The van der Waals surface area contributed by atoms with Crippen LogP contribution in [0, 0.1) is 0 Å². The maximum atomic E-state index is 12.3. The molecule has 1 atom stereocenters. The summed E-state index contributed by atoms with van der Waals surface area (Å²) in [4.78, 5) is 0. The lowest BCUT2D eigenvalue weighted by Crippen LogP contribution is -2.39. The average molecular weight is 281 g/mol. The molecule has 0 bridgehead atoms. The third-order valence-corrected chi connectivity index (χ3v) is 7.85. The van der Waals surface area contributed by atoms with Gasteiger partial charge in [-0.15, -0.1) is 0 Å². The van der Waals surface area contributed by atoms with Gasteiger partial charge < -0.3 is 0 Å². The van der Waals surface area contributed by atoms with E-state index in [1.165, 1.54) is 4.31 Å². The molecule has 0 radical (unpaired) electrons. The average Bonchev–Trinajstić information content (AvgIpc) is 2.51. The molecule has 2 heterocycles. The van der Waals surface area contributed by atoms with E-state index in [9.17, 15) is 16.8 Å². The van der Waals surface area contributed by atoms with Gasteiger partial charge in [0.25, 0.3) is 0 Å². The summed E-state index contributed by atoms with van der Waals surface area (Å²) in [5.41, 5.74) is 0. The molecule has 0 amide bonds. The first-order valence-electron chi connectivity index (χ1n) is 6.11. The molecule has 2 aliphatic heterocycles. The van der Waals surface area contributed by atoms with Crippen LogP contribution in [-0.2, 0) is 19.9 Å². The summed E-state index contributed by atoms with van der Waals surface area (Å²) in [6.07, 6.45) is 4.17. The highest BCUT2D eigenvalue weighted by Gasteiger charge is 2.40.